The van der Waals surface area contributed by atoms with Gasteiger partial charge in [-0.3, -0.25) is 28.7 Å². The Kier molecular flexibility index (Phi) is 13.6. The van der Waals surface area contributed by atoms with Gasteiger partial charge in [-0.25, -0.2) is 4.98 Å². The van der Waals surface area contributed by atoms with E-state index in [2.05, 4.69) is 45.0 Å². The highest BCUT2D eigenvalue weighted by molar-refractivity contribution is 7.15. The summed E-state index contributed by atoms with van der Waals surface area (Å²) in [6.07, 6.45) is 3.85. The van der Waals surface area contributed by atoms with Crippen LogP contribution in [-0.4, -0.2) is 101 Å². The third-order valence-electron chi connectivity index (χ3n) is 14.3. The van der Waals surface area contributed by atoms with Crippen LogP contribution in [0.15, 0.2) is 94.6 Å². The molecule has 5 atom stereocenters. The summed E-state index contributed by atoms with van der Waals surface area (Å²) in [6, 6.07) is 19.1. The minimum Gasteiger partial charge on any atom is -0.490 e. The molecule has 17 nitrogen and oxygen atoms in total. The maximum atomic E-state index is 14.4. The molecule has 1 saturated heterocycles. The van der Waals surface area contributed by atoms with E-state index in [1.54, 1.807) is 41.8 Å². The molecule has 19 heteroatoms. The van der Waals surface area contributed by atoms with E-state index in [4.69, 9.17) is 25.7 Å². The van der Waals surface area contributed by atoms with Crippen molar-refractivity contribution in [2.45, 2.75) is 117 Å². The fourth-order valence-electron chi connectivity index (χ4n) is 10.1. The van der Waals surface area contributed by atoms with Crippen LogP contribution in [0.25, 0.3) is 27.4 Å². The number of hydrogen-bond acceptors (Lipinski definition) is 12. The lowest BCUT2D eigenvalue weighted by molar-refractivity contribution is -0.142. The molecule has 1 saturated carbocycles. The lowest BCUT2D eigenvalue weighted by atomic mass is 9.85. The SMILES string of the molecule is Cc1sc2c(c1C)C(c1ccc(Cl)cc1)=N[C@@H](CC(=O)NC1CC(Oc3ccc4oc(C(=O)N[C@H](C(=O)N5C[C@H](O)C[C@H]5C(=O)NC(C)c5ccc(-c6nccn6C)cc5)C(C)(C)C)cc4c3)C1)c1nnc(C)n1-2. The lowest BCUT2D eigenvalue weighted by Gasteiger charge is -2.36. The lowest BCUT2D eigenvalue weighted by Crippen LogP contribution is -2.57. The fraction of sp³-hybridized carbons (Fsp3) is 0.382. The van der Waals surface area contributed by atoms with Crippen molar-refractivity contribution in [2.75, 3.05) is 6.54 Å². The van der Waals surface area contributed by atoms with Crippen LogP contribution in [0.4, 0.5) is 0 Å². The molecule has 1 aliphatic carbocycles. The van der Waals surface area contributed by atoms with Crippen molar-refractivity contribution in [1.82, 2.24) is 45.2 Å². The number of fused-ring (bicyclic) bond motifs is 4. The van der Waals surface area contributed by atoms with Gasteiger partial charge < -0.3 is 39.7 Å². The number of benzene rings is 3. The molecule has 384 valence electrons. The van der Waals surface area contributed by atoms with Gasteiger partial charge >= 0.3 is 0 Å². The zero-order valence-corrected chi connectivity index (χ0v) is 44.0. The van der Waals surface area contributed by atoms with Crippen LogP contribution in [-0.2, 0) is 21.4 Å². The number of halogens is 1. The summed E-state index contributed by atoms with van der Waals surface area (Å²) in [5.41, 5.74) is 5.26. The molecule has 6 heterocycles. The second kappa shape index (κ2) is 19.9. The molecule has 3 aromatic carbocycles. The molecule has 10 rings (SSSR count). The molecule has 0 spiro atoms. The second-order valence-corrected chi connectivity index (χ2v) is 22.4. The molecule has 4 N–H and O–H groups in total. The van der Waals surface area contributed by atoms with Gasteiger partial charge in [0.05, 0.1) is 24.3 Å². The van der Waals surface area contributed by atoms with Crippen molar-refractivity contribution in [3.8, 4) is 22.1 Å². The predicted octanol–water partition coefficient (Wildman–Crippen LogP) is 8.05. The van der Waals surface area contributed by atoms with E-state index in [1.807, 2.05) is 106 Å². The van der Waals surface area contributed by atoms with Gasteiger partial charge in [-0.15, -0.1) is 21.5 Å². The first-order valence-corrected chi connectivity index (χ1v) is 26.0. The Morgan fingerprint density at radius 2 is 1.68 bits per heavy atom. The van der Waals surface area contributed by atoms with Crippen molar-refractivity contribution >= 4 is 63.2 Å². The Bertz CT molecular complexity index is 3330. The fourth-order valence-corrected chi connectivity index (χ4v) is 11.4. The predicted molar refractivity (Wildman–Crippen MR) is 282 cm³/mol. The number of carbonyl (C=O) groups is 4. The number of aromatic nitrogens is 5. The van der Waals surface area contributed by atoms with Crippen LogP contribution in [0.3, 0.4) is 0 Å². The first-order chi connectivity index (χ1) is 35.3. The van der Waals surface area contributed by atoms with Gasteiger partial charge in [-0.1, -0.05) is 68.8 Å². The molecule has 7 aromatic rings. The van der Waals surface area contributed by atoms with Gasteiger partial charge in [-0.2, -0.15) is 0 Å². The topological polar surface area (TPSA) is 211 Å². The molecule has 0 radical (unpaired) electrons. The van der Waals surface area contributed by atoms with Crippen molar-refractivity contribution in [1.29, 1.82) is 0 Å². The van der Waals surface area contributed by atoms with Crippen molar-refractivity contribution < 1.29 is 33.4 Å². The summed E-state index contributed by atoms with van der Waals surface area (Å²) in [7, 11) is 1.92. The number of aryl methyl sites for hydroxylation is 3. The van der Waals surface area contributed by atoms with Crippen molar-refractivity contribution in [3.05, 3.63) is 135 Å². The number of amides is 4. The number of likely N-dealkylation sites (tertiary alicyclic amines) is 1. The van der Waals surface area contributed by atoms with E-state index in [0.29, 0.717) is 40.4 Å². The Morgan fingerprint density at radius 1 is 0.946 bits per heavy atom. The number of carbonyl (C=O) groups excluding carboxylic acids is 4. The Hall–Kier alpha value is -7.15. The Balaban J connectivity index is 0.754. The zero-order chi connectivity index (χ0) is 52.3. The quantitative estimate of drug-likeness (QED) is 0.0873. The standard InChI is InChI=1S/C55H59ClN10O7S/c1-28-30(3)74-54-46(28)47(33-13-15-36(56)16-14-33)60-41(50-63-62-31(4)66(50)54)26-45(68)59-37-23-40(24-37)72-39-17-18-43-35(21-39)22-44(73-43)52(70)61-48(55(5,6)7)53(71)65-27-38(67)25-42(65)51(69)58-29(2)32-9-11-34(12-10-32)49-57-19-20-64(49)8/h9-22,29,37-38,40-42,48,67H,23-27H2,1-8H3,(H,58,69)(H,59,68)(H,61,70)/t29?,37?,38-,40?,41+,42+,48-/m1/s1. The normalized spacial score (nSPS) is 20.2. The minimum absolute atomic E-state index is 0.00307. The van der Waals surface area contributed by atoms with E-state index < -0.39 is 53.4 Å². The number of nitrogens with zero attached hydrogens (tertiary/aromatic N) is 7. The molecular formula is C55H59ClN10O7S. The summed E-state index contributed by atoms with van der Waals surface area (Å²) in [4.78, 5) is 68.0. The van der Waals surface area contributed by atoms with E-state index in [1.165, 1.54) is 4.90 Å². The Morgan fingerprint density at radius 3 is 2.38 bits per heavy atom. The van der Waals surface area contributed by atoms with E-state index >= 15 is 0 Å². The number of rotatable bonds is 13. The maximum absolute atomic E-state index is 14.4. The summed E-state index contributed by atoms with van der Waals surface area (Å²) < 4.78 is 16.3. The molecule has 74 heavy (non-hydrogen) atoms. The molecular weight excluding hydrogens is 980 g/mol. The number of thiophene rings is 1. The summed E-state index contributed by atoms with van der Waals surface area (Å²) in [5.74, 6) is 1.08. The highest BCUT2D eigenvalue weighted by atomic mass is 35.5. The largest absolute Gasteiger partial charge is 0.490 e. The number of ether oxygens (including phenoxy) is 1. The monoisotopic (exact) mass is 1040 g/mol. The van der Waals surface area contributed by atoms with Crippen LogP contribution in [0.1, 0.15) is 115 Å². The van der Waals surface area contributed by atoms with Gasteiger partial charge in [0.25, 0.3) is 5.91 Å². The number of β-amino-alcohol motifs (C(OH)–C–C–N with tert-alkyl or cyclic N) is 1. The third kappa shape index (κ3) is 9.97. The van der Waals surface area contributed by atoms with Crippen molar-refractivity contribution in [3.63, 3.8) is 0 Å². The van der Waals surface area contributed by atoms with E-state index in [0.717, 1.165) is 55.1 Å². The number of aliphatic hydroxyl groups is 1. The highest BCUT2D eigenvalue weighted by Crippen LogP contribution is 2.40. The van der Waals surface area contributed by atoms with E-state index in [-0.39, 0.29) is 43.2 Å². The molecule has 4 aromatic heterocycles. The number of nitrogens with one attached hydrogen (secondary N) is 3. The molecule has 2 fully saturated rings. The maximum Gasteiger partial charge on any atom is 0.287 e. The first kappa shape index (κ1) is 50.4. The van der Waals surface area contributed by atoms with Gasteiger partial charge in [0.1, 0.15) is 52.2 Å². The Labute approximate surface area is 437 Å². The summed E-state index contributed by atoms with van der Waals surface area (Å²) >= 11 is 7.94. The molecule has 2 aliphatic heterocycles. The van der Waals surface area contributed by atoms with Crippen LogP contribution in [0.2, 0.25) is 5.02 Å². The number of hydrogen-bond donors (Lipinski definition) is 4. The average Bonchev–Trinajstić information content (AvgIpc) is 4.20. The van der Waals surface area contributed by atoms with Gasteiger partial charge in [0.2, 0.25) is 17.7 Å². The number of aliphatic hydroxyl groups excluding tert-OH is 1. The van der Waals surface area contributed by atoms with Gasteiger partial charge in [0, 0.05) is 83.3 Å². The minimum atomic E-state index is -1.07. The summed E-state index contributed by atoms with van der Waals surface area (Å²) in [5, 5.41) is 31.0. The number of aliphatic imine (C=N–C) groups is 1. The average molecular weight is 1040 g/mol. The molecule has 0 bridgehead atoms. The third-order valence-corrected chi connectivity index (χ3v) is 15.8. The first-order valence-electron chi connectivity index (χ1n) is 24.8. The number of furan rings is 1. The molecule has 3 aliphatic rings. The molecule has 4 amide bonds. The van der Waals surface area contributed by atoms with Crippen LogP contribution in [0.5, 0.6) is 5.75 Å². The van der Waals surface area contributed by atoms with Crippen molar-refractivity contribution in [2.24, 2.45) is 17.5 Å². The zero-order valence-electron chi connectivity index (χ0n) is 42.5. The van der Waals surface area contributed by atoms with Gasteiger partial charge in [0.15, 0.2) is 11.6 Å². The molecule has 1 unspecified atom stereocenters. The second-order valence-electron chi connectivity index (χ2n) is 20.8. The smallest absolute Gasteiger partial charge is 0.287 e. The highest BCUT2D eigenvalue weighted by Gasteiger charge is 2.45. The van der Waals surface area contributed by atoms with Crippen LogP contribution >= 0.6 is 22.9 Å². The summed E-state index contributed by atoms with van der Waals surface area (Å²) in [6.45, 7) is 13.4. The number of imidazole rings is 1. The van der Waals surface area contributed by atoms with Gasteiger partial charge in [-0.05, 0) is 80.6 Å². The van der Waals surface area contributed by atoms with Crippen LogP contribution < -0.4 is 20.7 Å². The van der Waals surface area contributed by atoms with E-state index in [9.17, 15) is 24.3 Å². The van der Waals surface area contributed by atoms with Crippen LogP contribution in [0, 0.1) is 26.2 Å².